The number of aliphatic hydroxyl groups excluding tert-OH is 13. The molecule has 25 heteroatoms. The lowest BCUT2D eigenvalue weighted by Gasteiger charge is -2.60. The monoisotopic (exact) mass is 1120 g/mol. The van der Waals surface area contributed by atoms with Crippen LogP contribution in [0.1, 0.15) is 92.9 Å². The second kappa shape index (κ2) is 23.7. The second-order valence-corrected chi connectivity index (χ2v) is 24.5. The van der Waals surface area contributed by atoms with Crippen LogP contribution in [0.25, 0.3) is 0 Å². The smallest absolute Gasteiger partial charge is 0.302 e. The highest BCUT2D eigenvalue weighted by molar-refractivity contribution is 5.65. The van der Waals surface area contributed by atoms with Gasteiger partial charge in [0.1, 0.15) is 98.2 Å². The zero-order chi connectivity index (χ0) is 56.7. The Morgan fingerprint density at radius 3 is 1.94 bits per heavy atom. The predicted octanol–water partition coefficient (Wildman–Crippen LogP) is -3.47. The van der Waals surface area contributed by atoms with Gasteiger partial charge in [-0.15, -0.1) is 0 Å². The first kappa shape index (κ1) is 60.9. The molecule has 5 aliphatic heterocycles. The van der Waals surface area contributed by atoms with Crippen molar-refractivity contribution in [1.29, 1.82) is 0 Å². The standard InChI is InChI=1S/C53H86O25/c1-20(18-70-47-42(65)40(63)36(59)30(16-54)72-47)9-12-53(68)21(2)34-29(78-53)15-28-26-8-7-24-13-25(57)14-33(52(24,6)27(26)10-11-51(28,34)5)75-50-46(77-48-43(66)39(62)35(58)22(3)71-48)45(38(61)32(74-50)19-69-23(4)56)76-49-44(67)41(64)37(60)31(17-55)73-49/h7,20-22,25-50,54-55,57-68H,8-19H2,1-6H3/t20-,21+,22+,25-,26-,27+,28+,29+,30-,31-,32-,33-,34+,35+,36-,37-,38-,39-,40+,41+,42-,43-,44-,45+,46-,47-,48+,49+,50+,51+,52+,53-/m1/s1. The van der Waals surface area contributed by atoms with E-state index in [1.807, 2.05) is 13.8 Å². The van der Waals surface area contributed by atoms with E-state index in [1.165, 1.54) is 6.92 Å². The molecule has 0 spiro atoms. The number of ether oxygens (including phenoxy) is 10. The summed E-state index contributed by atoms with van der Waals surface area (Å²) in [5, 5.41) is 152. The summed E-state index contributed by atoms with van der Waals surface area (Å²) in [6, 6.07) is 0. The molecule has 0 aromatic rings. The van der Waals surface area contributed by atoms with Crippen molar-refractivity contribution in [2.45, 2.75) is 240 Å². The highest BCUT2D eigenvalue weighted by Crippen LogP contribution is 2.70. The number of esters is 1. The van der Waals surface area contributed by atoms with Crippen molar-refractivity contribution in [3.63, 3.8) is 0 Å². The van der Waals surface area contributed by atoms with Crippen molar-refractivity contribution in [1.82, 2.24) is 0 Å². The van der Waals surface area contributed by atoms with E-state index in [1.54, 1.807) is 0 Å². The minimum absolute atomic E-state index is 0.00185. The summed E-state index contributed by atoms with van der Waals surface area (Å²) in [5.74, 6) is -2.37. The van der Waals surface area contributed by atoms with E-state index in [0.29, 0.717) is 32.1 Å². The number of carbonyl (C=O) groups is 1. The van der Waals surface area contributed by atoms with E-state index in [0.717, 1.165) is 25.3 Å². The molecule has 0 bridgehead atoms. The van der Waals surface area contributed by atoms with E-state index in [9.17, 15) is 76.3 Å². The highest BCUT2D eigenvalue weighted by Gasteiger charge is 2.69. The third-order valence-electron chi connectivity index (χ3n) is 19.8. The molecule has 25 nitrogen and oxygen atoms in total. The van der Waals surface area contributed by atoms with Crippen molar-refractivity contribution >= 4 is 5.97 Å². The average Bonchev–Trinajstić information content (AvgIpc) is 3.84. The first-order valence-corrected chi connectivity index (χ1v) is 27.9. The van der Waals surface area contributed by atoms with Crippen LogP contribution in [-0.4, -0.2) is 251 Å². The maximum absolute atomic E-state index is 12.3. The van der Waals surface area contributed by atoms with Gasteiger partial charge in [-0.25, -0.2) is 0 Å². The summed E-state index contributed by atoms with van der Waals surface area (Å²) in [4.78, 5) is 12.2. The SMILES string of the molecule is CC(=O)OC[C@H]1O[C@@H](O[C@@H]2C[C@H](O)CC3=CC[C@H]4[C@@H]5C[C@@H]6O[C@](O)(CC[C@@H](C)CO[C@@H]7O[C@H](CO)[C@@H](O)[C@H](O)[C@H]7O)[C@@H](C)[C@@H]6[C@@]5(C)CC[C@@H]4[C@]32C)[C@H](O[C@@H]2O[C@@H](C)[C@H](O)[C@@H](O)[C@H]2O)[C@@H](O[C@@H]2O[C@H](CO)[C@@H](O)[C@H](O)[C@H]2O)[C@@H]1O. The molecular weight excluding hydrogens is 1040 g/mol. The van der Waals surface area contributed by atoms with E-state index >= 15 is 0 Å². The Morgan fingerprint density at radius 1 is 0.705 bits per heavy atom. The molecule has 448 valence electrons. The van der Waals surface area contributed by atoms with E-state index in [4.69, 9.17) is 47.4 Å². The molecule has 0 unspecified atom stereocenters. The average molecular weight is 1120 g/mol. The summed E-state index contributed by atoms with van der Waals surface area (Å²) in [7, 11) is 0. The molecule has 9 rings (SSSR count). The third-order valence-corrected chi connectivity index (χ3v) is 19.8. The fourth-order valence-electron chi connectivity index (χ4n) is 15.3. The summed E-state index contributed by atoms with van der Waals surface area (Å²) < 4.78 is 61.2. The van der Waals surface area contributed by atoms with E-state index in [-0.39, 0.29) is 60.1 Å². The molecule has 5 heterocycles. The Kier molecular flexibility index (Phi) is 18.5. The maximum Gasteiger partial charge on any atom is 0.302 e. The summed E-state index contributed by atoms with van der Waals surface area (Å²) in [6.07, 6.45) is -27.9. The molecule has 5 saturated heterocycles. The predicted molar refractivity (Wildman–Crippen MR) is 261 cm³/mol. The van der Waals surface area contributed by atoms with Crippen LogP contribution in [0.4, 0.5) is 0 Å². The van der Waals surface area contributed by atoms with Crippen molar-refractivity contribution in [2.75, 3.05) is 26.4 Å². The van der Waals surface area contributed by atoms with Gasteiger partial charge in [-0.2, -0.15) is 0 Å². The summed E-state index contributed by atoms with van der Waals surface area (Å²) in [5.41, 5.74) is -0.0641. The molecular formula is C53H86O25. The van der Waals surface area contributed by atoms with Crippen LogP contribution in [0.2, 0.25) is 0 Å². The summed E-state index contributed by atoms with van der Waals surface area (Å²) >= 11 is 0. The van der Waals surface area contributed by atoms with Crippen LogP contribution >= 0.6 is 0 Å². The number of hydrogen-bond donors (Lipinski definition) is 14. The molecule has 3 saturated carbocycles. The van der Waals surface area contributed by atoms with Crippen LogP contribution in [0.3, 0.4) is 0 Å². The number of fused-ring (bicyclic) bond motifs is 7. The van der Waals surface area contributed by atoms with Gasteiger partial charge in [0.05, 0.1) is 44.2 Å². The first-order valence-electron chi connectivity index (χ1n) is 27.9. The second-order valence-electron chi connectivity index (χ2n) is 24.5. The van der Waals surface area contributed by atoms with E-state index < -0.39 is 172 Å². The molecule has 14 N–H and O–H groups in total. The van der Waals surface area contributed by atoms with E-state index in [2.05, 4.69) is 19.9 Å². The zero-order valence-corrected chi connectivity index (χ0v) is 45.1. The Morgan fingerprint density at radius 2 is 1.29 bits per heavy atom. The maximum atomic E-state index is 12.3. The van der Waals surface area contributed by atoms with Crippen LogP contribution < -0.4 is 0 Å². The van der Waals surface area contributed by atoms with Gasteiger partial charge >= 0.3 is 5.97 Å². The summed E-state index contributed by atoms with van der Waals surface area (Å²) in [6.45, 7) is 9.09. The lowest BCUT2D eigenvalue weighted by molar-refractivity contribution is -0.397. The molecule has 8 fully saturated rings. The number of rotatable bonds is 16. The number of carbonyl (C=O) groups excluding carboxylic acids is 1. The van der Waals surface area contributed by atoms with Crippen LogP contribution in [0.15, 0.2) is 11.6 Å². The minimum atomic E-state index is -1.96. The van der Waals surface area contributed by atoms with Crippen molar-refractivity contribution in [3.05, 3.63) is 11.6 Å². The van der Waals surface area contributed by atoms with Crippen molar-refractivity contribution < 1.29 is 124 Å². The molecule has 32 atom stereocenters. The van der Waals surface area contributed by atoms with Gasteiger partial charge in [0, 0.05) is 31.1 Å². The molecule has 0 amide bonds. The highest BCUT2D eigenvalue weighted by atomic mass is 16.8. The minimum Gasteiger partial charge on any atom is -0.463 e. The number of allylic oxidation sites excluding steroid dienone is 1. The Hall–Kier alpha value is -1.71. The van der Waals surface area contributed by atoms with Gasteiger partial charge in [-0.1, -0.05) is 39.3 Å². The van der Waals surface area contributed by atoms with Crippen LogP contribution in [-0.2, 0) is 52.2 Å². The molecule has 0 aromatic carbocycles. The third kappa shape index (κ3) is 11.0. The van der Waals surface area contributed by atoms with Crippen LogP contribution in [0.5, 0.6) is 0 Å². The molecule has 4 aliphatic carbocycles. The van der Waals surface area contributed by atoms with Gasteiger partial charge in [0.2, 0.25) is 0 Å². The molecule has 0 radical (unpaired) electrons. The van der Waals surface area contributed by atoms with Crippen molar-refractivity contribution in [3.8, 4) is 0 Å². The fourth-order valence-corrected chi connectivity index (χ4v) is 15.3. The molecule has 0 aromatic heterocycles. The fraction of sp³-hybridized carbons (Fsp3) is 0.943. The lowest BCUT2D eigenvalue weighted by atomic mass is 9.46. The Labute approximate surface area is 452 Å². The topological polar surface area (TPSA) is 393 Å². The van der Waals surface area contributed by atoms with Gasteiger partial charge in [-0.05, 0) is 80.5 Å². The van der Waals surface area contributed by atoms with Crippen molar-refractivity contribution in [2.24, 2.45) is 46.3 Å². The number of aliphatic hydroxyl groups is 14. The van der Waals surface area contributed by atoms with Gasteiger partial charge in [-0.3, -0.25) is 4.79 Å². The molecule has 78 heavy (non-hydrogen) atoms. The first-order chi connectivity index (χ1) is 36.8. The van der Waals surface area contributed by atoms with Crippen LogP contribution in [0, 0.1) is 46.3 Å². The number of hydrogen-bond acceptors (Lipinski definition) is 25. The largest absolute Gasteiger partial charge is 0.463 e. The quantitative estimate of drug-likeness (QED) is 0.0527. The Bertz CT molecular complexity index is 2070. The normalized spacial score (nSPS) is 53.6. The van der Waals surface area contributed by atoms with Gasteiger partial charge in [0.15, 0.2) is 30.9 Å². The Balaban J connectivity index is 0.951. The van der Waals surface area contributed by atoms with Gasteiger partial charge < -0.3 is 119 Å². The van der Waals surface area contributed by atoms with Gasteiger partial charge in [0.25, 0.3) is 0 Å². The molecule has 9 aliphatic rings. The zero-order valence-electron chi connectivity index (χ0n) is 45.1. The lowest BCUT2D eigenvalue weighted by Crippen LogP contribution is -2.68.